The molecule has 2 aromatic rings. The summed E-state index contributed by atoms with van der Waals surface area (Å²) in [6.45, 7) is -0.0919. The van der Waals surface area contributed by atoms with Crippen molar-refractivity contribution in [3.05, 3.63) is 65.7 Å². The molecule has 1 heterocycles. The van der Waals surface area contributed by atoms with Crippen molar-refractivity contribution in [2.75, 3.05) is 13.7 Å². The van der Waals surface area contributed by atoms with Gasteiger partial charge in [-0.25, -0.2) is 4.99 Å². The lowest BCUT2D eigenvalue weighted by molar-refractivity contribution is -0.248. The summed E-state index contributed by atoms with van der Waals surface area (Å²) in [5, 5.41) is 9.97. The lowest BCUT2D eigenvalue weighted by Crippen LogP contribution is -2.52. The highest BCUT2D eigenvalue weighted by Crippen LogP contribution is 2.38. The molecule has 3 rings (SSSR count). The standard InChI is InChI=1S/C19H17F3N2O3/c1-27-15-10-6-5-7-13(15)11-12-24-16(14-8-3-2-4-9-14)23-18(26,17(24)25)19(20,21)22/h2-10,26H,11-12H2,1H3/t18-/m0/s1. The summed E-state index contributed by atoms with van der Waals surface area (Å²) >= 11 is 0. The molecule has 1 aliphatic heterocycles. The number of amides is 1. The molecule has 5 nitrogen and oxygen atoms in total. The maximum atomic E-state index is 13.3. The number of ether oxygens (including phenoxy) is 1. The Hall–Kier alpha value is -2.87. The molecule has 1 aliphatic rings. The summed E-state index contributed by atoms with van der Waals surface area (Å²) in [5.74, 6) is -1.16. The van der Waals surface area contributed by atoms with E-state index in [9.17, 15) is 23.1 Å². The number of para-hydroxylation sites is 1. The molecule has 1 amide bonds. The van der Waals surface area contributed by atoms with Crippen LogP contribution in [0.25, 0.3) is 0 Å². The molecule has 0 fully saturated rings. The van der Waals surface area contributed by atoms with Gasteiger partial charge in [-0.3, -0.25) is 9.69 Å². The molecule has 1 atom stereocenters. The van der Waals surface area contributed by atoms with Crippen LogP contribution in [0.5, 0.6) is 5.75 Å². The zero-order valence-corrected chi connectivity index (χ0v) is 14.4. The number of carbonyl (C=O) groups excluding carboxylic acids is 1. The van der Waals surface area contributed by atoms with Crippen LogP contribution in [0, 0.1) is 0 Å². The third kappa shape index (κ3) is 3.40. The lowest BCUT2D eigenvalue weighted by atomic mass is 10.1. The van der Waals surface area contributed by atoms with Crippen molar-refractivity contribution in [3.8, 4) is 5.75 Å². The van der Waals surface area contributed by atoms with Crippen molar-refractivity contribution >= 4 is 11.7 Å². The molecular formula is C19H17F3N2O3. The van der Waals surface area contributed by atoms with Crippen LogP contribution in [0.3, 0.4) is 0 Å². The Balaban J connectivity index is 1.95. The number of methoxy groups -OCH3 is 1. The normalized spacial score (nSPS) is 20.0. The van der Waals surface area contributed by atoms with Gasteiger partial charge in [0.15, 0.2) is 0 Å². The summed E-state index contributed by atoms with van der Waals surface area (Å²) in [5.41, 5.74) is -2.74. The summed E-state index contributed by atoms with van der Waals surface area (Å²) in [7, 11) is 1.49. The summed E-state index contributed by atoms with van der Waals surface area (Å²) < 4.78 is 45.2. The Kier molecular flexibility index (Phi) is 4.93. The highest BCUT2D eigenvalue weighted by Gasteiger charge is 2.65. The van der Waals surface area contributed by atoms with Gasteiger partial charge in [0, 0.05) is 12.1 Å². The van der Waals surface area contributed by atoms with Gasteiger partial charge in [-0.05, 0) is 18.1 Å². The predicted octanol–water partition coefficient (Wildman–Crippen LogP) is 2.78. The molecule has 0 radical (unpaired) electrons. The van der Waals surface area contributed by atoms with Gasteiger partial charge < -0.3 is 9.84 Å². The summed E-state index contributed by atoms with van der Waals surface area (Å²) in [6.07, 6.45) is -4.99. The Morgan fingerprint density at radius 1 is 1.11 bits per heavy atom. The highest BCUT2D eigenvalue weighted by atomic mass is 19.4. The van der Waals surface area contributed by atoms with Gasteiger partial charge in [0.05, 0.1) is 7.11 Å². The maximum Gasteiger partial charge on any atom is 0.448 e. The van der Waals surface area contributed by atoms with Crippen molar-refractivity contribution < 1.29 is 27.8 Å². The number of hydrogen-bond donors (Lipinski definition) is 1. The molecule has 0 bridgehead atoms. The quantitative estimate of drug-likeness (QED) is 0.870. The van der Waals surface area contributed by atoms with Gasteiger partial charge in [0.2, 0.25) is 0 Å². The number of alkyl halides is 3. The largest absolute Gasteiger partial charge is 0.496 e. The number of halogens is 3. The zero-order chi connectivity index (χ0) is 19.7. The highest BCUT2D eigenvalue weighted by molar-refractivity contribution is 6.14. The monoisotopic (exact) mass is 378 g/mol. The summed E-state index contributed by atoms with van der Waals surface area (Å²) in [4.78, 5) is 16.7. The Morgan fingerprint density at radius 2 is 1.74 bits per heavy atom. The van der Waals surface area contributed by atoms with Crippen LogP contribution in [0.4, 0.5) is 13.2 Å². The molecule has 142 valence electrons. The van der Waals surface area contributed by atoms with Crippen molar-refractivity contribution in [1.82, 2.24) is 4.90 Å². The molecule has 2 aromatic carbocycles. The van der Waals surface area contributed by atoms with Crippen LogP contribution in [0.15, 0.2) is 59.6 Å². The second-order valence-electron chi connectivity index (χ2n) is 5.99. The van der Waals surface area contributed by atoms with E-state index < -0.39 is 17.8 Å². The Morgan fingerprint density at radius 3 is 2.37 bits per heavy atom. The van der Waals surface area contributed by atoms with E-state index in [2.05, 4.69) is 4.99 Å². The van der Waals surface area contributed by atoms with Crippen LogP contribution < -0.4 is 4.74 Å². The van der Waals surface area contributed by atoms with E-state index in [1.165, 1.54) is 19.2 Å². The molecule has 0 aliphatic carbocycles. The first-order valence-corrected chi connectivity index (χ1v) is 8.16. The number of benzene rings is 2. The number of amidine groups is 1. The first-order chi connectivity index (χ1) is 12.8. The molecule has 0 unspecified atom stereocenters. The van der Waals surface area contributed by atoms with Crippen molar-refractivity contribution in [3.63, 3.8) is 0 Å². The van der Waals surface area contributed by atoms with E-state index in [-0.39, 0.29) is 18.8 Å². The van der Waals surface area contributed by atoms with Crippen LogP contribution >= 0.6 is 0 Å². The smallest absolute Gasteiger partial charge is 0.448 e. The fourth-order valence-corrected chi connectivity index (χ4v) is 2.89. The SMILES string of the molecule is COc1ccccc1CCN1C(=O)[C@](O)(C(F)(F)F)N=C1c1ccccc1. The number of carbonyl (C=O) groups is 1. The minimum atomic E-state index is -5.22. The van der Waals surface area contributed by atoms with Crippen LogP contribution in [-0.4, -0.2) is 47.3 Å². The van der Waals surface area contributed by atoms with Crippen LogP contribution in [-0.2, 0) is 11.2 Å². The second-order valence-corrected chi connectivity index (χ2v) is 5.99. The third-order valence-electron chi connectivity index (χ3n) is 4.29. The average molecular weight is 378 g/mol. The predicted molar refractivity (Wildman–Crippen MR) is 92.4 cm³/mol. The van der Waals surface area contributed by atoms with Crippen molar-refractivity contribution in [2.24, 2.45) is 4.99 Å². The minimum absolute atomic E-state index is 0.0919. The Labute approximate surface area is 153 Å². The van der Waals surface area contributed by atoms with E-state index in [0.29, 0.717) is 11.3 Å². The fourth-order valence-electron chi connectivity index (χ4n) is 2.89. The van der Waals surface area contributed by atoms with Gasteiger partial charge in [-0.15, -0.1) is 0 Å². The molecule has 0 aromatic heterocycles. The Bertz CT molecular complexity index is 868. The second kappa shape index (κ2) is 7.03. The third-order valence-corrected chi connectivity index (χ3v) is 4.29. The van der Waals surface area contributed by atoms with Gasteiger partial charge >= 0.3 is 11.9 Å². The lowest BCUT2D eigenvalue weighted by Gasteiger charge is -2.23. The van der Waals surface area contributed by atoms with Crippen molar-refractivity contribution in [2.45, 2.75) is 18.3 Å². The molecule has 27 heavy (non-hydrogen) atoms. The van der Waals surface area contributed by atoms with Gasteiger partial charge in [-0.2, -0.15) is 13.2 Å². The molecule has 0 saturated carbocycles. The first kappa shape index (κ1) is 18.9. The van der Waals surface area contributed by atoms with Crippen LogP contribution in [0.2, 0.25) is 0 Å². The minimum Gasteiger partial charge on any atom is -0.496 e. The summed E-state index contributed by atoms with van der Waals surface area (Å²) in [6, 6.07) is 15.0. The molecule has 1 N–H and O–H groups in total. The number of aliphatic hydroxyl groups is 1. The molecule has 0 spiro atoms. The van der Waals surface area contributed by atoms with Crippen molar-refractivity contribution in [1.29, 1.82) is 0 Å². The zero-order valence-electron chi connectivity index (χ0n) is 14.4. The van der Waals surface area contributed by atoms with E-state index in [0.717, 1.165) is 10.5 Å². The fraction of sp³-hybridized carbons (Fsp3) is 0.263. The van der Waals surface area contributed by atoms with Gasteiger partial charge in [0.25, 0.3) is 5.91 Å². The van der Waals surface area contributed by atoms with Crippen LogP contribution in [0.1, 0.15) is 11.1 Å². The van der Waals surface area contributed by atoms with E-state index in [1.54, 1.807) is 42.5 Å². The number of rotatable bonds is 5. The molecular weight excluding hydrogens is 361 g/mol. The van der Waals surface area contributed by atoms with E-state index in [1.807, 2.05) is 0 Å². The topological polar surface area (TPSA) is 62.1 Å². The van der Waals surface area contributed by atoms with E-state index in [4.69, 9.17) is 4.74 Å². The van der Waals surface area contributed by atoms with Gasteiger partial charge in [-0.1, -0.05) is 48.5 Å². The molecule has 0 saturated heterocycles. The number of hydrogen-bond acceptors (Lipinski definition) is 4. The van der Waals surface area contributed by atoms with E-state index >= 15 is 0 Å². The number of aliphatic imine (C=N–C) groups is 1. The average Bonchev–Trinajstić information content (AvgIpc) is 2.93. The van der Waals surface area contributed by atoms with Gasteiger partial charge in [0.1, 0.15) is 11.6 Å². The first-order valence-electron chi connectivity index (χ1n) is 8.16. The number of nitrogens with zero attached hydrogens (tertiary/aromatic N) is 2. The maximum absolute atomic E-state index is 13.3. The molecule has 8 heteroatoms.